The van der Waals surface area contributed by atoms with Gasteiger partial charge in [-0.05, 0) is 51.7 Å². The number of carbonyl (C=O) groups is 2. The summed E-state index contributed by atoms with van der Waals surface area (Å²) in [5.41, 5.74) is 2.23. The Morgan fingerprint density at radius 1 is 1.07 bits per heavy atom. The molecule has 1 aliphatic carbocycles. The van der Waals surface area contributed by atoms with Crippen molar-refractivity contribution in [1.82, 2.24) is 15.1 Å². The van der Waals surface area contributed by atoms with Crippen LogP contribution in [0.25, 0.3) is 0 Å². The molecule has 0 aromatic heterocycles. The molecule has 0 unspecified atom stereocenters. The molecular formula is C21H31N3O3. The van der Waals surface area contributed by atoms with Crippen molar-refractivity contribution in [2.75, 3.05) is 32.7 Å². The monoisotopic (exact) mass is 373 g/mol. The number of urea groups is 1. The first-order chi connectivity index (χ1) is 12.7. The van der Waals surface area contributed by atoms with Gasteiger partial charge in [0, 0.05) is 38.1 Å². The van der Waals surface area contributed by atoms with E-state index in [2.05, 4.69) is 36.5 Å². The molecule has 2 aliphatic rings. The lowest BCUT2D eigenvalue weighted by molar-refractivity contribution is 0.0170. The van der Waals surface area contributed by atoms with Crippen LogP contribution in [0.1, 0.15) is 44.7 Å². The van der Waals surface area contributed by atoms with E-state index in [9.17, 15) is 9.59 Å². The summed E-state index contributed by atoms with van der Waals surface area (Å²) in [6.07, 6.45) is 1.92. The van der Waals surface area contributed by atoms with Crippen LogP contribution in [0.4, 0.5) is 9.59 Å². The predicted octanol–water partition coefficient (Wildman–Crippen LogP) is 3.29. The Labute approximate surface area is 161 Å². The van der Waals surface area contributed by atoms with Crippen LogP contribution < -0.4 is 5.32 Å². The number of hydrogen-bond acceptors (Lipinski definition) is 3. The maximum atomic E-state index is 12.6. The van der Waals surface area contributed by atoms with Crippen molar-refractivity contribution in [3.05, 3.63) is 35.4 Å². The molecule has 1 N–H and O–H groups in total. The van der Waals surface area contributed by atoms with Crippen LogP contribution in [0.2, 0.25) is 0 Å². The second kappa shape index (κ2) is 7.41. The highest BCUT2D eigenvalue weighted by Gasteiger charge is 2.45. The predicted molar refractivity (Wildman–Crippen MR) is 105 cm³/mol. The van der Waals surface area contributed by atoms with Crippen LogP contribution in [-0.2, 0) is 10.2 Å². The van der Waals surface area contributed by atoms with Gasteiger partial charge in [0.2, 0.25) is 0 Å². The first-order valence-electron chi connectivity index (χ1n) is 9.77. The van der Waals surface area contributed by atoms with E-state index in [4.69, 9.17) is 4.74 Å². The summed E-state index contributed by atoms with van der Waals surface area (Å²) in [5, 5.41) is 3.12. The first kappa shape index (κ1) is 19.5. The number of benzene rings is 1. The minimum atomic E-state index is -0.500. The van der Waals surface area contributed by atoms with E-state index >= 15 is 0 Å². The molecule has 1 aliphatic heterocycles. The van der Waals surface area contributed by atoms with Gasteiger partial charge in [-0.25, -0.2) is 9.59 Å². The third-order valence-electron chi connectivity index (χ3n) is 5.37. The number of amides is 3. The highest BCUT2D eigenvalue weighted by Crippen LogP contribution is 2.48. The third-order valence-corrected chi connectivity index (χ3v) is 5.37. The summed E-state index contributed by atoms with van der Waals surface area (Å²) < 4.78 is 5.40. The van der Waals surface area contributed by atoms with Gasteiger partial charge in [-0.1, -0.05) is 24.3 Å². The average Bonchev–Trinajstić information content (AvgIpc) is 3.40. The van der Waals surface area contributed by atoms with Gasteiger partial charge >= 0.3 is 12.1 Å². The van der Waals surface area contributed by atoms with Gasteiger partial charge in [0.15, 0.2) is 0 Å². The quantitative estimate of drug-likeness (QED) is 0.884. The zero-order valence-electron chi connectivity index (χ0n) is 16.9. The van der Waals surface area contributed by atoms with Crippen molar-refractivity contribution in [2.45, 2.75) is 51.6 Å². The maximum Gasteiger partial charge on any atom is 0.410 e. The van der Waals surface area contributed by atoms with Gasteiger partial charge in [-0.15, -0.1) is 0 Å². The van der Waals surface area contributed by atoms with Gasteiger partial charge in [-0.3, -0.25) is 0 Å². The van der Waals surface area contributed by atoms with Crippen LogP contribution in [0.3, 0.4) is 0 Å². The molecule has 1 heterocycles. The second-order valence-corrected chi connectivity index (χ2v) is 8.71. The average molecular weight is 373 g/mol. The molecule has 0 bridgehead atoms. The molecule has 0 radical (unpaired) electrons. The number of piperazine rings is 1. The molecule has 1 aromatic carbocycles. The van der Waals surface area contributed by atoms with E-state index in [0.29, 0.717) is 32.7 Å². The molecule has 1 saturated heterocycles. The highest BCUT2D eigenvalue weighted by molar-refractivity contribution is 5.75. The maximum absolute atomic E-state index is 12.6. The van der Waals surface area contributed by atoms with Gasteiger partial charge < -0.3 is 19.9 Å². The molecule has 148 valence electrons. The van der Waals surface area contributed by atoms with E-state index in [1.54, 1.807) is 9.80 Å². The lowest BCUT2D eigenvalue weighted by Gasteiger charge is -2.35. The number of hydrogen-bond donors (Lipinski definition) is 1. The third kappa shape index (κ3) is 4.73. The molecule has 6 heteroatoms. The normalized spacial score (nSPS) is 18.8. The highest BCUT2D eigenvalue weighted by atomic mass is 16.6. The van der Waals surface area contributed by atoms with Crippen molar-refractivity contribution < 1.29 is 14.3 Å². The van der Waals surface area contributed by atoms with Crippen molar-refractivity contribution in [1.29, 1.82) is 0 Å². The van der Waals surface area contributed by atoms with Crippen LogP contribution in [0.5, 0.6) is 0 Å². The largest absolute Gasteiger partial charge is 0.444 e. The van der Waals surface area contributed by atoms with E-state index in [1.165, 1.54) is 11.1 Å². The Balaban J connectivity index is 1.48. The number of rotatable bonds is 3. The molecule has 1 aromatic rings. The molecule has 0 spiro atoms. The minimum absolute atomic E-state index is 0.0429. The summed E-state index contributed by atoms with van der Waals surface area (Å²) in [5.74, 6) is 0. The van der Waals surface area contributed by atoms with Gasteiger partial charge in [0.25, 0.3) is 0 Å². The van der Waals surface area contributed by atoms with E-state index in [-0.39, 0.29) is 17.5 Å². The molecule has 3 amide bonds. The molecule has 6 nitrogen and oxygen atoms in total. The molecule has 27 heavy (non-hydrogen) atoms. The Morgan fingerprint density at radius 3 is 2.22 bits per heavy atom. The Bertz CT molecular complexity index is 699. The summed E-state index contributed by atoms with van der Waals surface area (Å²) in [6, 6.07) is 8.39. The lowest BCUT2D eigenvalue weighted by Crippen LogP contribution is -2.54. The summed E-state index contributed by atoms with van der Waals surface area (Å²) in [7, 11) is 0. The Morgan fingerprint density at radius 2 is 1.67 bits per heavy atom. The Hall–Kier alpha value is -2.24. The number of aryl methyl sites for hydroxylation is 1. The van der Waals surface area contributed by atoms with E-state index in [0.717, 1.165) is 12.8 Å². The SMILES string of the molecule is Cc1ccccc1C1(CNC(=O)N2CCN(C(=O)OC(C)(C)C)CC2)CC1. The zero-order valence-corrected chi connectivity index (χ0v) is 16.9. The van der Waals surface area contributed by atoms with Crippen LogP contribution in [0, 0.1) is 6.92 Å². The molecule has 0 atom stereocenters. The summed E-state index contributed by atoms with van der Waals surface area (Å²) >= 11 is 0. The summed E-state index contributed by atoms with van der Waals surface area (Å²) in [4.78, 5) is 28.2. The van der Waals surface area contributed by atoms with Crippen molar-refractivity contribution in [2.24, 2.45) is 0 Å². The van der Waals surface area contributed by atoms with Crippen molar-refractivity contribution >= 4 is 12.1 Å². The van der Waals surface area contributed by atoms with Crippen LogP contribution in [0.15, 0.2) is 24.3 Å². The fourth-order valence-corrected chi connectivity index (χ4v) is 3.64. The van der Waals surface area contributed by atoms with Crippen LogP contribution >= 0.6 is 0 Å². The van der Waals surface area contributed by atoms with Crippen molar-refractivity contribution in [3.8, 4) is 0 Å². The smallest absolute Gasteiger partial charge is 0.410 e. The molecular weight excluding hydrogens is 342 g/mol. The fraction of sp³-hybridized carbons (Fsp3) is 0.619. The minimum Gasteiger partial charge on any atom is -0.444 e. The molecule has 1 saturated carbocycles. The molecule has 2 fully saturated rings. The Kier molecular flexibility index (Phi) is 5.36. The standard InChI is InChI=1S/C21H31N3O3/c1-16-7-5-6-8-17(16)21(9-10-21)15-22-18(25)23-11-13-24(14-12-23)19(26)27-20(2,3)4/h5-8H,9-15H2,1-4H3,(H,22,25). The van der Waals surface area contributed by atoms with Gasteiger partial charge in [0.1, 0.15) is 5.60 Å². The zero-order chi connectivity index (χ0) is 19.7. The topological polar surface area (TPSA) is 61.9 Å². The lowest BCUT2D eigenvalue weighted by atomic mass is 9.92. The number of nitrogens with zero attached hydrogens (tertiary/aromatic N) is 2. The number of ether oxygens (including phenoxy) is 1. The second-order valence-electron chi connectivity index (χ2n) is 8.71. The van der Waals surface area contributed by atoms with Crippen molar-refractivity contribution in [3.63, 3.8) is 0 Å². The number of carbonyl (C=O) groups excluding carboxylic acids is 2. The molecule has 3 rings (SSSR count). The van der Waals surface area contributed by atoms with Gasteiger partial charge in [-0.2, -0.15) is 0 Å². The fourth-order valence-electron chi connectivity index (χ4n) is 3.64. The van der Waals surface area contributed by atoms with Crippen LogP contribution in [-0.4, -0.2) is 60.2 Å². The first-order valence-corrected chi connectivity index (χ1v) is 9.77. The summed E-state index contributed by atoms with van der Waals surface area (Å²) in [6.45, 7) is 10.4. The number of nitrogens with one attached hydrogen (secondary N) is 1. The van der Waals surface area contributed by atoms with E-state index < -0.39 is 5.60 Å². The van der Waals surface area contributed by atoms with Gasteiger partial charge in [0.05, 0.1) is 0 Å². The van der Waals surface area contributed by atoms with E-state index in [1.807, 2.05) is 20.8 Å².